The minimum Gasteiger partial charge on any atom is -0.494 e. The van der Waals surface area contributed by atoms with E-state index in [1.807, 2.05) is 24.3 Å². The van der Waals surface area contributed by atoms with Crippen molar-refractivity contribution in [3.63, 3.8) is 0 Å². The van der Waals surface area contributed by atoms with E-state index in [9.17, 15) is 4.79 Å². The first kappa shape index (κ1) is 24.3. The van der Waals surface area contributed by atoms with Crippen LogP contribution in [0.2, 0.25) is 5.02 Å². The van der Waals surface area contributed by atoms with Gasteiger partial charge in [-0.3, -0.25) is 9.69 Å². The van der Waals surface area contributed by atoms with E-state index < -0.39 is 5.97 Å². The molecule has 0 radical (unpaired) electrons. The first-order valence-corrected chi connectivity index (χ1v) is 12.2. The molecule has 0 aromatic heterocycles. The number of rotatable bonds is 10. The highest BCUT2D eigenvalue weighted by Gasteiger charge is 2.32. The Labute approximate surface area is 207 Å². The van der Waals surface area contributed by atoms with Crippen molar-refractivity contribution in [2.24, 2.45) is 5.92 Å². The lowest BCUT2D eigenvalue weighted by Crippen LogP contribution is -2.49. The maximum Gasteiger partial charge on any atom is 0.309 e. The largest absolute Gasteiger partial charge is 0.494 e. The number of ether oxygens (including phenoxy) is 1. The van der Waals surface area contributed by atoms with Crippen molar-refractivity contribution in [3.05, 3.63) is 99.6 Å². The van der Waals surface area contributed by atoms with Gasteiger partial charge in [0.2, 0.25) is 0 Å². The van der Waals surface area contributed by atoms with E-state index in [0.717, 1.165) is 30.2 Å². The third-order valence-electron chi connectivity index (χ3n) is 6.74. The van der Waals surface area contributed by atoms with E-state index in [-0.39, 0.29) is 5.92 Å². The molecule has 0 bridgehead atoms. The lowest BCUT2D eigenvalue weighted by atomic mass is 9.88. The number of halogens is 1. The summed E-state index contributed by atoms with van der Waals surface area (Å²) in [5.74, 6) is 0.243. The Bertz CT molecular complexity index is 1120. The number of aryl methyl sites for hydroxylation is 2. The molecule has 34 heavy (non-hydrogen) atoms. The molecule has 3 aromatic rings. The fourth-order valence-corrected chi connectivity index (χ4v) is 4.68. The van der Waals surface area contributed by atoms with Crippen molar-refractivity contribution in [1.29, 1.82) is 0 Å². The molecule has 1 atom stereocenters. The number of likely N-dealkylation sites (tertiary alicyclic amines) is 1. The average molecular weight is 478 g/mol. The molecule has 1 aliphatic heterocycles. The summed E-state index contributed by atoms with van der Waals surface area (Å²) in [6, 6.07) is 23.0. The van der Waals surface area contributed by atoms with E-state index >= 15 is 0 Å². The molecule has 1 fully saturated rings. The molecule has 0 aliphatic carbocycles. The Morgan fingerprint density at radius 1 is 1.03 bits per heavy atom. The second-order valence-electron chi connectivity index (χ2n) is 9.38. The Morgan fingerprint density at radius 3 is 2.44 bits per heavy atom. The first-order chi connectivity index (χ1) is 16.4. The summed E-state index contributed by atoms with van der Waals surface area (Å²) in [6.45, 7) is 6.94. The van der Waals surface area contributed by atoms with Gasteiger partial charge in [-0.05, 0) is 84.7 Å². The zero-order chi connectivity index (χ0) is 24.1. The molecular formula is C29H32ClNO3. The van der Waals surface area contributed by atoms with Gasteiger partial charge in [-0.1, -0.05) is 54.1 Å². The summed E-state index contributed by atoms with van der Waals surface area (Å²) in [7, 11) is 0. The number of hydrogen-bond acceptors (Lipinski definition) is 3. The van der Waals surface area contributed by atoms with Crippen LogP contribution in [0.15, 0.2) is 66.7 Å². The predicted octanol–water partition coefficient (Wildman–Crippen LogP) is 6.27. The molecule has 0 spiro atoms. The Hall–Kier alpha value is -2.82. The third kappa shape index (κ3) is 6.40. The number of benzene rings is 3. The molecule has 1 N–H and O–H groups in total. The van der Waals surface area contributed by atoms with E-state index in [4.69, 9.17) is 21.4 Å². The third-order valence-corrected chi connectivity index (χ3v) is 6.98. The van der Waals surface area contributed by atoms with Gasteiger partial charge in [-0.15, -0.1) is 0 Å². The molecule has 4 rings (SSSR count). The number of hydrogen-bond donors (Lipinski definition) is 1. The maximum absolute atomic E-state index is 11.0. The number of aliphatic carboxylic acids is 1. The molecule has 1 heterocycles. The minimum absolute atomic E-state index is 0.223. The molecule has 4 nitrogen and oxygen atoms in total. The van der Waals surface area contributed by atoms with E-state index in [1.54, 1.807) is 0 Å². The Morgan fingerprint density at radius 2 is 1.76 bits per heavy atom. The second kappa shape index (κ2) is 11.1. The van der Waals surface area contributed by atoms with Gasteiger partial charge in [0.25, 0.3) is 0 Å². The molecule has 0 amide bonds. The SMILES string of the molecule is Cc1ccc(CC(CCOc2ccc(CN3CC(C(=O)O)C3)cc2)c2cccc(Cl)c2)cc1C. The Balaban J connectivity index is 1.34. The highest BCUT2D eigenvalue weighted by atomic mass is 35.5. The summed E-state index contributed by atoms with van der Waals surface area (Å²) in [5.41, 5.74) is 6.36. The fraction of sp³-hybridized carbons (Fsp3) is 0.345. The summed E-state index contributed by atoms with van der Waals surface area (Å²) in [5, 5.41) is 9.78. The van der Waals surface area contributed by atoms with Crippen molar-refractivity contribution in [1.82, 2.24) is 4.90 Å². The lowest BCUT2D eigenvalue weighted by Gasteiger charge is -2.36. The molecule has 1 unspecified atom stereocenters. The normalized spacial score (nSPS) is 15.0. The van der Waals surface area contributed by atoms with Gasteiger partial charge < -0.3 is 9.84 Å². The van der Waals surface area contributed by atoms with Crippen molar-refractivity contribution in [3.8, 4) is 5.75 Å². The molecule has 1 saturated heterocycles. The minimum atomic E-state index is -0.700. The highest BCUT2D eigenvalue weighted by Crippen LogP contribution is 2.28. The van der Waals surface area contributed by atoms with Crippen LogP contribution in [0.4, 0.5) is 0 Å². The van der Waals surface area contributed by atoms with Crippen LogP contribution < -0.4 is 4.74 Å². The van der Waals surface area contributed by atoms with Crippen LogP contribution in [-0.4, -0.2) is 35.7 Å². The molecule has 178 valence electrons. The van der Waals surface area contributed by atoms with Crippen LogP contribution in [0, 0.1) is 19.8 Å². The van der Waals surface area contributed by atoms with Crippen LogP contribution in [0.1, 0.15) is 40.2 Å². The maximum atomic E-state index is 11.0. The van der Waals surface area contributed by atoms with Gasteiger partial charge in [0.15, 0.2) is 0 Å². The van der Waals surface area contributed by atoms with Crippen LogP contribution >= 0.6 is 11.6 Å². The van der Waals surface area contributed by atoms with E-state index in [0.29, 0.717) is 25.6 Å². The van der Waals surface area contributed by atoms with Crippen LogP contribution in [0.3, 0.4) is 0 Å². The van der Waals surface area contributed by atoms with E-state index in [2.05, 4.69) is 61.2 Å². The van der Waals surface area contributed by atoms with Crippen molar-refractivity contribution < 1.29 is 14.6 Å². The molecule has 5 heteroatoms. The highest BCUT2D eigenvalue weighted by molar-refractivity contribution is 6.30. The second-order valence-corrected chi connectivity index (χ2v) is 9.82. The zero-order valence-electron chi connectivity index (χ0n) is 19.8. The number of nitrogens with zero attached hydrogens (tertiary/aromatic N) is 1. The van der Waals surface area contributed by atoms with Gasteiger partial charge >= 0.3 is 5.97 Å². The number of carboxylic acid groups (broad SMARTS) is 1. The van der Waals surface area contributed by atoms with Crippen molar-refractivity contribution in [2.45, 2.75) is 39.2 Å². The Kier molecular flexibility index (Phi) is 7.91. The number of carbonyl (C=O) groups is 1. The molecule has 3 aromatic carbocycles. The van der Waals surface area contributed by atoms with Gasteiger partial charge in [0, 0.05) is 24.7 Å². The van der Waals surface area contributed by atoms with Crippen LogP contribution in [-0.2, 0) is 17.8 Å². The standard InChI is InChI=1S/C29H32ClNO3/c1-20-6-7-23(14-21(20)2)15-25(24-4-3-5-27(30)16-24)12-13-34-28-10-8-22(9-11-28)17-31-18-26(19-31)29(32)33/h3-11,14,16,25-26H,12-13,15,17-19H2,1-2H3,(H,32,33). The zero-order valence-corrected chi connectivity index (χ0v) is 20.6. The number of carboxylic acids is 1. The summed E-state index contributed by atoms with van der Waals surface area (Å²) in [4.78, 5) is 13.1. The first-order valence-electron chi connectivity index (χ1n) is 11.9. The summed E-state index contributed by atoms with van der Waals surface area (Å²) < 4.78 is 6.09. The fourth-order valence-electron chi connectivity index (χ4n) is 4.49. The van der Waals surface area contributed by atoms with Gasteiger partial charge in [0.1, 0.15) is 5.75 Å². The van der Waals surface area contributed by atoms with E-state index in [1.165, 1.54) is 27.8 Å². The van der Waals surface area contributed by atoms with Gasteiger partial charge in [0.05, 0.1) is 12.5 Å². The average Bonchev–Trinajstić information content (AvgIpc) is 2.78. The monoisotopic (exact) mass is 477 g/mol. The topological polar surface area (TPSA) is 49.8 Å². The predicted molar refractivity (Wildman–Crippen MR) is 137 cm³/mol. The summed E-state index contributed by atoms with van der Waals surface area (Å²) in [6.07, 6.45) is 1.83. The van der Waals surface area contributed by atoms with Crippen molar-refractivity contribution >= 4 is 17.6 Å². The quantitative estimate of drug-likeness (QED) is 0.374. The van der Waals surface area contributed by atoms with Gasteiger partial charge in [-0.25, -0.2) is 0 Å². The van der Waals surface area contributed by atoms with Gasteiger partial charge in [-0.2, -0.15) is 0 Å². The summed E-state index contributed by atoms with van der Waals surface area (Å²) >= 11 is 6.29. The van der Waals surface area contributed by atoms with Crippen LogP contribution in [0.25, 0.3) is 0 Å². The smallest absolute Gasteiger partial charge is 0.309 e. The lowest BCUT2D eigenvalue weighted by molar-refractivity contribution is -0.147. The van der Waals surface area contributed by atoms with Crippen molar-refractivity contribution in [2.75, 3.05) is 19.7 Å². The molecule has 1 aliphatic rings. The molecular weight excluding hydrogens is 446 g/mol. The molecule has 0 saturated carbocycles. The van der Waals surface area contributed by atoms with Crippen LogP contribution in [0.5, 0.6) is 5.75 Å².